The van der Waals surface area contributed by atoms with Crippen LogP contribution in [0.4, 0.5) is 0 Å². The molecular formula is C17H23ClN4O. The maximum atomic E-state index is 12.6. The molecule has 0 saturated heterocycles. The number of fused-ring (bicyclic) bond motifs is 1. The number of nitrogens with one attached hydrogen (secondary N) is 1. The van der Waals surface area contributed by atoms with Crippen LogP contribution in [-0.4, -0.2) is 22.2 Å². The summed E-state index contributed by atoms with van der Waals surface area (Å²) in [5, 5.41) is 7.49. The topological polar surface area (TPSA) is 72.9 Å². The number of aromatic nitrogens is 2. The number of hydrogen-bond donors (Lipinski definition) is 2. The first-order chi connectivity index (χ1) is 10.7. The number of carbonyl (C=O) groups is 1. The fourth-order valence-electron chi connectivity index (χ4n) is 3.21. The lowest BCUT2D eigenvalue weighted by molar-refractivity contribution is -0.123. The van der Waals surface area contributed by atoms with Gasteiger partial charge in [0, 0.05) is 24.8 Å². The van der Waals surface area contributed by atoms with Crippen LogP contribution in [0.5, 0.6) is 0 Å². The smallest absolute Gasteiger partial charge is 0.229 e. The fraction of sp³-hybridized carbons (Fsp3) is 0.412. The van der Waals surface area contributed by atoms with Gasteiger partial charge in [-0.2, -0.15) is 5.10 Å². The Morgan fingerprint density at radius 2 is 2.17 bits per heavy atom. The van der Waals surface area contributed by atoms with E-state index in [-0.39, 0.29) is 30.3 Å². The van der Waals surface area contributed by atoms with Crippen molar-refractivity contribution in [2.75, 3.05) is 6.54 Å². The molecular weight excluding hydrogens is 312 g/mol. The number of halogens is 1. The molecule has 1 aliphatic carbocycles. The lowest BCUT2D eigenvalue weighted by atomic mass is 9.91. The Morgan fingerprint density at radius 3 is 2.87 bits per heavy atom. The lowest BCUT2D eigenvalue weighted by Gasteiger charge is -2.26. The molecule has 23 heavy (non-hydrogen) atoms. The maximum Gasteiger partial charge on any atom is 0.229 e. The summed E-state index contributed by atoms with van der Waals surface area (Å²) in [6.07, 6.45) is 4.92. The Kier molecular flexibility index (Phi) is 5.80. The second kappa shape index (κ2) is 7.62. The van der Waals surface area contributed by atoms with Gasteiger partial charge < -0.3 is 11.1 Å². The number of rotatable bonds is 4. The molecule has 0 spiro atoms. The molecule has 5 nitrogen and oxygen atoms in total. The summed E-state index contributed by atoms with van der Waals surface area (Å²) in [4.78, 5) is 12.6. The number of benzene rings is 1. The van der Waals surface area contributed by atoms with Crippen LogP contribution in [0.3, 0.4) is 0 Å². The molecule has 0 aliphatic heterocycles. The third-order valence-corrected chi connectivity index (χ3v) is 4.45. The quantitative estimate of drug-likeness (QED) is 0.899. The largest absolute Gasteiger partial charge is 0.349 e. The van der Waals surface area contributed by atoms with Gasteiger partial charge in [-0.1, -0.05) is 30.3 Å². The van der Waals surface area contributed by atoms with E-state index in [2.05, 4.69) is 10.4 Å². The van der Waals surface area contributed by atoms with Crippen LogP contribution in [-0.2, 0) is 18.3 Å². The molecule has 0 fully saturated rings. The second-order valence-electron chi connectivity index (χ2n) is 5.82. The maximum absolute atomic E-state index is 12.6. The molecule has 2 aromatic rings. The Morgan fingerprint density at radius 1 is 1.43 bits per heavy atom. The molecule has 2 unspecified atom stereocenters. The van der Waals surface area contributed by atoms with Gasteiger partial charge in [-0.15, -0.1) is 12.4 Å². The summed E-state index contributed by atoms with van der Waals surface area (Å²) in [5.74, 6) is -0.307. The average molecular weight is 335 g/mol. The zero-order valence-electron chi connectivity index (χ0n) is 13.2. The van der Waals surface area contributed by atoms with Crippen molar-refractivity contribution >= 4 is 18.3 Å². The highest BCUT2D eigenvalue weighted by molar-refractivity contribution is 5.85. The van der Waals surface area contributed by atoms with E-state index in [0.29, 0.717) is 6.54 Å². The van der Waals surface area contributed by atoms with Gasteiger partial charge in [-0.25, -0.2) is 0 Å². The van der Waals surface area contributed by atoms with E-state index in [4.69, 9.17) is 5.73 Å². The van der Waals surface area contributed by atoms with Crippen LogP contribution in [0.15, 0.2) is 36.5 Å². The van der Waals surface area contributed by atoms with Crippen LogP contribution in [0.2, 0.25) is 0 Å². The monoisotopic (exact) mass is 334 g/mol. The number of hydrogen-bond acceptors (Lipinski definition) is 3. The number of nitrogens with zero attached hydrogens (tertiary/aromatic N) is 2. The van der Waals surface area contributed by atoms with Crippen LogP contribution in [0.25, 0.3) is 0 Å². The van der Waals surface area contributed by atoms with Crippen LogP contribution in [0.1, 0.15) is 41.6 Å². The standard InChI is InChI=1S/C17H22N4O.ClH/c1-21-16-9-5-8-15(14(16)11-19-21)20-17(22)13(10-18)12-6-3-2-4-7-12;/h2-4,6-7,11,13,15H,5,8-10,18H2,1H3,(H,20,22);1H. The Bertz CT molecular complexity index is 656. The van der Waals surface area contributed by atoms with E-state index in [1.54, 1.807) is 0 Å². The van der Waals surface area contributed by atoms with Crippen molar-refractivity contribution in [3.8, 4) is 0 Å². The minimum atomic E-state index is -0.303. The van der Waals surface area contributed by atoms with Gasteiger partial charge in [0.25, 0.3) is 0 Å². The second-order valence-corrected chi connectivity index (χ2v) is 5.82. The molecule has 124 valence electrons. The van der Waals surface area contributed by atoms with Crippen LogP contribution in [0, 0.1) is 0 Å². The summed E-state index contributed by atoms with van der Waals surface area (Å²) >= 11 is 0. The summed E-state index contributed by atoms with van der Waals surface area (Å²) in [6, 6.07) is 9.76. The van der Waals surface area contributed by atoms with E-state index in [1.807, 2.05) is 48.3 Å². The molecule has 1 aromatic heterocycles. The van der Waals surface area contributed by atoms with Gasteiger partial charge in [0.1, 0.15) is 0 Å². The Hall–Kier alpha value is -1.85. The van der Waals surface area contributed by atoms with E-state index in [1.165, 1.54) is 5.69 Å². The molecule has 1 aliphatic rings. The van der Waals surface area contributed by atoms with Crippen molar-refractivity contribution in [3.05, 3.63) is 53.3 Å². The van der Waals surface area contributed by atoms with Crippen LogP contribution >= 0.6 is 12.4 Å². The molecule has 0 radical (unpaired) electrons. The minimum Gasteiger partial charge on any atom is -0.349 e. The van der Waals surface area contributed by atoms with Gasteiger partial charge in [0.2, 0.25) is 5.91 Å². The Balaban J connectivity index is 0.00000192. The summed E-state index contributed by atoms with van der Waals surface area (Å²) in [6.45, 7) is 0.308. The normalized spacial score (nSPS) is 17.7. The number of carbonyl (C=O) groups excluding carboxylic acids is 1. The number of aryl methyl sites for hydroxylation is 1. The molecule has 3 N–H and O–H groups in total. The first-order valence-corrected chi connectivity index (χ1v) is 7.77. The first-order valence-electron chi connectivity index (χ1n) is 7.77. The van der Waals surface area contributed by atoms with Gasteiger partial charge in [0.15, 0.2) is 0 Å². The van der Waals surface area contributed by atoms with Crippen molar-refractivity contribution in [3.63, 3.8) is 0 Å². The zero-order chi connectivity index (χ0) is 15.5. The van der Waals surface area contributed by atoms with E-state index < -0.39 is 0 Å². The highest BCUT2D eigenvalue weighted by Crippen LogP contribution is 2.29. The molecule has 6 heteroatoms. The summed E-state index contributed by atoms with van der Waals surface area (Å²) < 4.78 is 1.91. The van der Waals surface area contributed by atoms with Crippen molar-refractivity contribution < 1.29 is 4.79 Å². The predicted molar refractivity (Wildman–Crippen MR) is 92.5 cm³/mol. The van der Waals surface area contributed by atoms with Gasteiger partial charge in [0.05, 0.1) is 18.2 Å². The molecule has 3 rings (SSSR count). The Labute approximate surface area is 142 Å². The highest BCUT2D eigenvalue weighted by Gasteiger charge is 2.27. The van der Waals surface area contributed by atoms with Crippen LogP contribution < -0.4 is 11.1 Å². The first kappa shape index (κ1) is 17.5. The van der Waals surface area contributed by atoms with Crippen molar-refractivity contribution in [2.24, 2.45) is 12.8 Å². The molecule has 0 saturated carbocycles. The number of nitrogens with two attached hydrogens (primary N) is 1. The number of amides is 1. The molecule has 1 heterocycles. The van der Waals surface area contributed by atoms with Crippen molar-refractivity contribution in [1.29, 1.82) is 0 Å². The van der Waals surface area contributed by atoms with Crippen molar-refractivity contribution in [1.82, 2.24) is 15.1 Å². The molecule has 1 amide bonds. The zero-order valence-corrected chi connectivity index (χ0v) is 14.1. The summed E-state index contributed by atoms with van der Waals surface area (Å²) in [7, 11) is 1.95. The molecule has 2 atom stereocenters. The molecule has 1 aromatic carbocycles. The lowest BCUT2D eigenvalue weighted by Crippen LogP contribution is -2.37. The van der Waals surface area contributed by atoms with Gasteiger partial charge in [-0.3, -0.25) is 9.48 Å². The van der Waals surface area contributed by atoms with Gasteiger partial charge >= 0.3 is 0 Å². The summed E-state index contributed by atoms with van der Waals surface area (Å²) in [5.41, 5.74) is 9.16. The third-order valence-electron chi connectivity index (χ3n) is 4.45. The highest BCUT2D eigenvalue weighted by atomic mass is 35.5. The average Bonchev–Trinajstić information content (AvgIpc) is 2.92. The van der Waals surface area contributed by atoms with Crippen molar-refractivity contribution in [2.45, 2.75) is 31.2 Å². The SMILES string of the molecule is Cl.Cn1ncc2c1CCCC2NC(=O)C(CN)c1ccccc1. The third kappa shape index (κ3) is 3.57. The van der Waals surface area contributed by atoms with E-state index in [0.717, 1.165) is 30.4 Å². The predicted octanol–water partition coefficient (Wildman–Crippen LogP) is 2.08. The molecule has 0 bridgehead atoms. The van der Waals surface area contributed by atoms with E-state index >= 15 is 0 Å². The van der Waals surface area contributed by atoms with E-state index in [9.17, 15) is 4.79 Å². The fourth-order valence-corrected chi connectivity index (χ4v) is 3.21. The minimum absolute atomic E-state index is 0. The van der Waals surface area contributed by atoms with Gasteiger partial charge in [-0.05, 0) is 24.8 Å².